The number of likely N-dealkylation sites (tertiary alicyclic amines) is 1. The number of hydrogen-bond acceptors (Lipinski definition) is 5. The first-order valence-corrected chi connectivity index (χ1v) is 7.95. The standard InChI is InChI=1S/C17H18N6O/c1-10-13-8-11(2-3-15(13)21-19-10)14-4-5-16(22-20-14)17(24)23-7-6-12(18)9-23/h2-5,8,12H,6-7,9,18H2,1H3,(H,19,21). The average molecular weight is 322 g/mol. The molecule has 1 atom stereocenters. The van der Waals surface area contributed by atoms with Crippen LogP contribution in [0.25, 0.3) is 22.2 Å². The summed E-state index contributed by atoms with van der Waals surface area (Å²) in [5.74, 6) is -0.108. The number of H-pyrrole nitrogens is 1. The van der Waals surface area contributed by atoms with Gasteiger partial charge in [-0.1, -0.05) is 6.07 Å². The molecule has 0 radical (unpaired) electrons. The van der Waals surface area contributed by atoms with E-state index < -0.39 is 0 Å². The van der Waals surface area contributed by atoms with Crippen molar-refractivity contribution in [2.24, 2.45) is 5.73 Å². The van der Waals surface area contributed by atoms with Crippen molar-refractivity contribution in [2.45, 2.75) is 19.4 Å². The number of nitrogens with zero attached hydrogens (tertiary/aromatic N) is 4. The van der Waals surface area contributed by atoms with Gasteiger partial charge in [0.05, 0.1) is 11.2 Å². The molecule has 0 bridgehead atoms. The van der Waals surface area contributed by atoms with E-state index in [0.717, 1.165) is 34.3 Å². The third kappa shape index (κ3) is 2.52. The Balaban J connectivity index is 1.60. The molecule has 0 aliphatic carbocycles. The second kappa shape index (κ2) is 5.68. The molecule has 1 aliphatic heterocycles. The fraction of sp³-hybridized carbons (Fsp3) is 0.294. The smallest absolute Gasteiger partial charge is 0.274 e. The number of aryl methyl sites for hydroxylation is 1. The summed E-state index contributed by atoms with van der Waals surface area (Å²) in [6.07, 6.45) is 0.835. The molecular formula is C17H18N6O. The van der Waals surface area contributed by atoms with Crippen molar-refractivity contribution in [3.8, 4) is 11.3 Å². The Labute approximate surface area is 138 Å². The lowest BCUT2D eigenvalue weighted by atomic mass is 10.1. The lowest BCUT2D eigenvalue weighted by Crippen LogP contribution is -2.32. The molecule has 0 saturated carbocycles. The molecule has 2 aromatic heterocycles. The highest BCUT2D eigenvalue weighted by Crippen LogP contribution is 2.23. The molecule has 7 heteroatoms. The maximum atomic E-state index is 12.4. The summed E-state index contributed by atoms with van der Waals surface area (Å²) in [6, 6.07) is 9.53. The van der Waals surface area contributed by atoms with E-state index in [1.54, 1.807) is 11.0 Å². The largest absolute Gasteiger partial charge is 0.336 e. The summed E-state index contributed by atoms with van der Waals surface area (Å²) in [4.78, 5) is 14.1. The number of benzene rings is 1. The fourth-order valence-electron chi connectivity index (χ4n) is 3.03. The molecule has 1 fully saturated rings. The first-order chi connectivity index (χ1) is 11.6. The molecule has 7 nitrogen and oxygen atoms in total. The number of carbonyl (C=O) groups is 1. The number of nitrogens with one attached hydrogen (secondary N) is 1. The van der Waals surface area contributed by atoms with Crippen LogP contribution in [0.15, 0.2) is 30.3 Å². The van der Waals surface area contributed by atoms with Crippen LogP contribution in [0.5, 0.6) is 0 Å². The molecule has 1 saturated heterocycles. The minimum Gasteiger partial charge on any atom is -0.336 e. The third-order valence-electron chi connectivity index (χ3n) is 4.44. The Morgan fingerprint density at radius 2 is 2.17 bits per heavy atom. The quantitative estimate of drug-likeness (QED) is 0.744. The monoisotopic (exact) mass is 322 g/mol. The van der Waals surface area contributed by atoms with Gasteiger partial charge in [-0.2, -0.15) is 5.10 Å². The number of nitrogens with two attached hydrogens (primary N) is 1. The molecule has 24 heavy (non-hydrogen) atoms. The van der Waals surface area contributed by atoms with Gasteiger partial charge in [0.1, 0.15) is 0 Å². The Morgan fingerprint density at radius 3 is 2.88 bits per heavy atom. The van der Waals surface area contributed by atoms with Crippen LogP contribution in [-0.4, -0.2) is 50.3 Å². The molecule has 4 rings (SSSR count). The number of aromatic amines is 1. The Morgan fingerprint density at radius 1 is 1.29 bits per heavy atom. The van der Waals surface area contributed by atoms with Crippen LogP contribution < -0.4 is 5.73 Å². The second-order valence-corrected chi connectivity index (χ2v) is 6.18. The number of rotatable bonds is 2. The maximum Gasteiger partial charge on any atom is 0.274 e. The van der Waals surface area contributed by atoms with Crippen molar-refractivity contribution in [3.63, 3.8) is 0 Å². The van der Waals surface area contributed by atoms with Crippen molar-refractivity contribution < 1.29 is 4.79 Å². The number of aromatic nitrogens is 4. The van der Waals surface area contributed by atoms with Crippen molar-refractivity contribution in [2.75, 3.05) is 13.1 Å². The Hall–Kier alpha value is -2.80. The Bertz CT molecular complexity index is 901. The zero-order valence-corrected chi connectivity index (χ0v) is 13.4. The first kappa shape index (κ1) is 14.8. The molecule has 122 valence electrons. The van der Waals surface area contributed by atoms with Crippen LogP contribution in [0.4, 0.5) is 0 Å². The fourth-order valence-corrected chi connectivity index (χ4v) is 3.03. The van der Waals surface area contributed by atoms with Crippen LogP contribution >= 0.6 is 0 Å². The van der Waals surface area contributed by atoms with Crippen molar-refractivity contribution in [1.29, 1.82) is 0 Å². The summed E-state index contributed by atoms with van der Waals surface area (Å²) in [7, 11) is 0. The molecule has 3 aromatic rings. The van der Waals surface area contributed by atoms with Gasteiger partial charge in [0.15, 0.2) is 5.69 Å². The predicted octanol–water partition coefficient (Wildman–Crippen LogP) is 1.50. The summed E-state index contributed by atoms with van der Waals surface area (Å²) >= 11 is 0. The topological polar surface area (TPSA) is 101 Å². The molecular weight excluding hydrogens is 304 g/mol. The average Bonchev–Trinajstić information content (AvgIpc) is 3.20. The van der Waals surface area contributed by atoms with Crippen LogP contribution in [0.3, 0.4) is 0 Å². The molecule has 3 heterocycles. The van der Waals surface area contributed by atoms with Crippen molar-refractivity contribution >= 4 is 16.8 Å². The normalized spacial score (nSPS) is 17.6. The van der Waals surface area contributed by atoms with Crippen LogP contribution in [-0.2, 0) is 0 Å². The highest BCUT2D eigenvalue weighted by molar-refractivity contribution is 5.92. The van der Waals surface area contributed by atoms with E-state index in [4.69, 9.17) is 5.73 Å². The summed E-state index contributed by atoms with van der Waals surface area (Å²) < 4.78 is 0. The highest BCUT2D eigenvalue weighted by atomic mass is 16.2. The highest BCUT2D eigenvalue weighted by Gasteiger charge is 2.25. The summed E-state index contributed by atoms with van der Waals surface area (Å²) in [5.41, 5.74) is 9.81. The predicted molar refractivity (Wildman–Crippen MR) is 90.4 cm³/mol. The van der Waals surface area contributed by atoms with Gasteiger partial charge in [-0.05, 0) is 37.6 Å². The van der Waals surface area contributed by atoms with E-state index in [0.29, 0.717) is 18.8 Å². The molecule has 1 unspecified atom stereocenters. The van der Waals surface area contributed by atoms with Gasteiger partial charge in [0.25, 0.3) is 5.91 Å². The molecule has 0 spiro atoms. The number of amides is 1. The number of hydrogen-bond donors (Lipinski definition) is 2. The summed E-state index contributed by atoms with van der Waals surface area (Å²) in [5, 5.41) is 16.6. The SMILES string of the molecule is Cc1[nH]nc2ccc(-c3ccc(C(=O)N4CCC(N)C4)nn3)cc12. The molecule has 1 aromatic carbocycles. The zero-order chi connectivity index (χ0) is 16.7. The molecule has 3 N–H and O–H groups in total. The van der Waals surface area contributed by atoms with Crippen LogP contribution in [0.1, 0.15) is 22.6 Å². The Kier molecular flexibility index (Phi) is 3.50. The second-order valence-electron chi connectivity index (χ2n) is 6.18. The number of fused-ring (bicyclic) bond motifs is 1. The van der Waals surface area contributed by atoms with E-state index in [1.807, 2.05) is 31.2 Å². The minimum absolute atomic E-state index is 0.0612. The minimum atomic E-state index is -0.108. The first-order valence-electron chi connectivity index (χ1n) is 7.95. The van der Waals surface area contributed by atoms with E-state index >= 15 is 0 Å². The van der Waals surface area contributed by atoms with Crippen molar-refractivity contribution in [3.05, 3.63) is 41.7 Å². The lowest BCUT2D eigenvalue weighted by molar-refractivity contribution is 0.0784. The zero-order valence-electron chi connectivity index (χ0n) is 13.4. The van der Waals surface area contributed by atoms with Gasteiger partial charge < -0.3 is 10.6 Å². The van der Waals surface area contributed by atoms with Gasteiger partial charge >= 0.3 is 0 Å². The number of carbonyl (C=O) groups excluding carboxylic acids is 1. The van der Waals surface area contributed by atoms with Gasteiger partial charge in [-0.3, -0.25) is 9.89 Å². The van der Waals surface area contributed by atoms with Crippen LogP contribution in [0.2, 0.25) is 0 Å². The third-order valence-corrected chi connectivity index (χ3v) is 4.44. The van der Waals surface area contributed by atoms with Crippen LogP contribution in [0, 0.1) is 6.92 Å². The van der Waals surface area contributed by atoms with Gasteiger partial charge in [0.2, 0.25) is 0 Å². The molecule has 1 amide bonds. The molecule has 1 aliphatic rings. The van der Waals surface area contributed by atoms with E-state index in [9.17, 15) is 4.79 Å². The van der Waals surface area contributed by atoms with Crippen molar-refractivity contribution in [1.82, 2.24) is 25.3 Å². The van der Waals surface area contributed by atoms with Gasteiger partial charge in [-0.25, -0.2) is 0 Å². The van der Waals surface area contributed by atoms with E-state index in [1.165, 1.54) is 0 Å². The maximum absolute atomic E-state index is 12.4. The summed E-state index contributed by atoms with van der Waals surface area (Å²) in [6.45, 7) is 3.24. The van der Waals surface area contributed by atoms with Gasteiger partial charge in [-0.15, -0.1) is 10.2 Å². The van der Waals surface area contributed by atoms with E-state index in [2.05, 4.69) is 20.4 Å². The lowest BCUT2D eigenvalue weighted by Gasteiger charge is -2.14. The van der Waals surface area contributed by atoms with E-state index in [-0.39, 0.29) is 11.9 Å². The van der Waals surface area contributed by atoms with Gasteiger partial charge in [0, 0.05) is 35.8 Å².